The van der Waals surface area contributed by atoms with E-state index in [1.165, 1.54) is 11.0 Å². The fourth-order valence-corrected chi connectivity index (χ4v) is 4.61. The number of fused-ring (bicyclic) bond motifs is 1. The molecule has 0 saturated carbocycles. The summed E-state index contributed by atoms with van der Waals surface area (Å²) in [4.78, 5) is 27.9. The van der Waals surface area contributed by atoms with Gasteiger partial charge in [-0.3, -0.25) is 13.9 Å². The van der Waals surface area contributed by atoms with E-state index in [2.05, 4.69) is 5.32 Å². The van der Waals surface area contributed by atoms with Gasteiger partial charge in [0, 0.05) is 23.2 Å². The van der Waals surface area contributed by atoms with Crippen LogP contribution in [0.5, 0.6) is 11.5 Å². The Labute approximate surface area is 217 Å². The quantitative estimate of drug-likeness (QED) is 0.554. The van der Waals surface area contributed by atoms with Gasteiger partial charge in [0.2, 0.25) is 21.8 Å². The summed E-state index contributed by atoms with van der Waals surface area (Å²) in [6, 6.07) is 10.7. The molecule has 1 atom stereocenters. The summed E-state index contributed by atoms with van der Waals surface area (Å²) in [6.07, 6.45) is 1.02. The lowest BCUT2D eigenvalue weighted by atomic mass is 10.1. The fraction of sp³-hybridized carbons (Fsp3) is 0.440. The molecule has 3 rings (SSSR count). The first-order chi connectivity index (χ1) is 16.7. The van der Waals surface area contributed by atoms with Crippen molar-refractivity contribution >= 4 is 39.1 Å². The first-order valence-electron chi connectivity index (χ1n) is 11.5. The molecular formula is C25H32ClN3O6S. The van der Waals surface area contributed by atoms with Crippen LogP contribution in [0.25, 0.3) is 0 Å². The number of nitrogens with one attached hydrogen (secondary N) is 1. The van der Waals surface area contributed by atoms with Crippen LogP contribution in [-0.4, -0.2) is 62.7 Å². The Morgan fingerprint density at radius 1 is 1.06 bits per heavy atom. The Balaban J connectivity index is 1.92. The SMILES string of the molecule is C[C@H](C(=O)NC(C)(C)C)N(Cc1ccc(Cl)cc1)C(=O)CN(c1ccc2c(c1)OCCO2)S(C)(=O)=O. The molecule has 196 valence electrons. The second-order valence-electron chi connectivity index (χ2n) is 9.66. The van der Waals surface area contributed by atoms with Crippen LogP contribution in [-0.2, 0) is 26.2 Å². The monoisotopic (exact) mass is 537 g/mol. The third-order valence-electron chi connectivity index (χ3n) is 5.42. The van der Waals surface area contributed by atoms with Crippen LogP contribution in [0.4, 0.5) is 5.69 Å². The number of hydrogen-bond acceptors (Lipinski definition) is 6. The number of carbonyl (C=O) groups is 2. The third kappa shape index (κ3) is 7.27. The smallest absolute Gasteiger partial charge is 0.244 e. The average molecular weight is 538 g/mol. The summed E-state index contributed by atoms with van der Waals surface area (Å²) in [5.41, 5.74) is 0.492. The second kappa shape index (κ2) is 11.0. The molecule has 0 aromatic heterocycles. The largest absolute Gasteiger partial charge is 0.486 e. The van der Waals surface area contributed by atoms with E-state index in [1.807, 2.05) is 20.8 Å². The van der Waals surface area contributed by atoms with Gasteiger partial charge in [-0.2, -0.15) is 0 Å². The highest BCUT2D eigenvalue weighted by Crippen LogP contribution is 2.34. The molecule has 0 fully saturated rings. The first-order valence-corrected chi connectivity index (χ1v) is 13.7. The molecule has 0 bridgehead atoms. The van der Waals surface area contributed by atoms with Crippen molar-refractivity contribution in [2.75, 3.05) is 30.3 Å². The maximum Gasteiger partial charge on any atom is 0.244 e. The van der Waals surface area contributed by atoms with Gasteiger partial charge in [-0.15, -0.1) is 0 Å². The number of benzene rings is 2. The normalized spacial score (nSPS) is 14.1. The van der Waals surface area contributed by atoms with Crippen LogP contribution < -0.4 is 19.1 Å². The summed E-state index contributed by atoms with van der Waals surface area (Å²) in [6.45, 7) is 7.47. The Morgan fingerprint density at radius 2 is 1.67 bits per heavy atom. The van der Waals surface area contributed by atoms with Crippen molar-refractivity contribution in [3.8, 4) is 11.5 Å². The predicted octanol–water partition coefficient (Wildman–Crippen LogP) is 3.21. The molecule has 0 spiro atoms. The van der Waals surface area contributed by atoms with Gasteiger partial charge in [0.15, 0.2) is 11.5 Å². The zero-order valence-electron chi connectivity index (χ0n) is 21.1. The standard InChI is InChI=1S/C25H32ClN3O6S/c1-17(24(31)27-25(2,3)4)28(15-18-6-8-19(26)9-7-18)23(30)16-29(36(5,32)33)20-10-11-21-22(14-20)35-13-12-34-21/h6-11,14,17H,12-13,15-16H2,1-5H3,(H,27,31)/t17-/m1/s1. The molecule has 1 N–H and O–H groups in total. The fourth-order valence-electron chi connectivity index (χ4n) is 3.64. The molecule has 2 aromatic rings. The minimum absolute atomic E-state index is 0.0907. The molecule has 2 aromatic carbocycles. The molecule has 0 radical (unpaired) electrons. The molecule has 1 aliphatic heterocycles. The van der Waals surface area contributed by atoms with E-state index in [0.29, 0.717) is 29.7 Å². The van der Waals surface area contributed by atoms with Crippen LogP contribution in [0, 0.1) is 0 Å². The van der Waals surface area contributed by atoms with Crippen molar-refractivity contribution in [2.45, 2.75) is 45.8 Å². The Kier molecular flexibility index (Phi) is 8.40. The van der Waals surface area contributed by atoms with Crippen LogP contribution >= 0.6 is 11.6 Å². The second-order valence-corrected chi connectivity index (χ2v) is 12.0. The molecule has 0 saturated heterocycles. The minimum Gasteiger partial charge on any atom is -0.486 e. The van der Waals surface area contributed by atoms with Crippen molar-refractivity contribution in [3.63, 3.8) is 0 Å². The van der Waals surface area contributed by atoms with Crippen LogP contribution in [0.2, 0.25) is 5.02 Å². The molecule has 1 heterocycles. The van der Waals surface area contributed by atoms with Gasteiger partial charge in [-0.1, -0.05) is 23.7 Å². The van der Waals surface area contributed by atoms with Gasteiger partial charge in [0.1, 0.15) is 25.8 Å². The molecule has 11 heteroatoms. The third-order valence-corrected chi connectivity index (χ3v) is 6.82. The zero-order valence-corrected chi connectivity index (χ0v) is 22.6. The number of nitrogens with zero attached hydrogens (tertiary/aromatic N) is 2. The number of anilines is 1. The van der Waals surface area contributed by atoms with E-state index in [-0.39, 0.29) is 18.1 Å². The zero-order chi connectivity index (χ0) is 26.7. The summed E-state index contributed by atoms with van der Waals surface area (Å²) < 4.78 is 37.6. The molecule has 0 unspecified atom stereocenters. The Hall–Kier alpha value is -2.98. The van der Waals surface area contributed by atoms with Crippen molar-refractivity contribution in [2.24, 2.45) is 0 Å². The highest BCUT2D eigenvalue weighted by atomic mass is 35.5. The van der Waals surface area contributed by atoms with Gasteiger partial charge in [-0.25, -0.2) is 8.42 Å². The number of sulfonamides is 1. The molecule has 9 nitrogen and oxygen atoms in total. The van der Waals surface area contributed by atoms with Crippen LogP contribution in [0.1, 0.15) is 33.3 Å². The minimum atomic E-state index is -3.85. The van der Waals surface area contributed by atoms with E-state index < -0.39 is 34.1 Å². The van der Waals surface area contributed by atoms with Crippen molar-refractivity contribution in [3.05, 3.63) is 53.1 Å². The summed E-state index contributed by atoms with van der Waals surface area (Å²) >= 11 is 6.00. The maximum atomic E-state index is 13.6. The topological polar surface area (TPSA) is 105 Å². The highest BCUT2D eigenvalue weighted by Gasteiger charge is 2.31. The average Bonchev–Trinajstić information content (AvgIpc) is 2.79. The van der Waals surface area contributed by atoms with Gasteiger partial charge in [0.05, 0.1) is 11.9 Å². The Bertz CT molecular complexity index is 1210. The molecule has 0 aliphatic carbocycles. The van der Waals surface area contributed by atoms with Gasteiger partial charge in [0.25, 0.3) is 0 Å². The maximum absolute atomic E-state index is 13.6. The number of rotatable bonds is 8. The van der Waals surface area contributed by atoms with E-state index in [9.17, 15) is 18.0 Å². The summed E-state index contributed by atoms with van der Waals surface area (Å²) in [5.74, 6) is 0.00859. The Morgan fingerprint density at radius 3 is 2.25 bits per heavy atom. The summed E-state index contributed by atoms with van der Waals surface area (Å²) in [5, 5.41) is 3.42. The number of amides is 2. The highest BCUT2D eigenvalue weighted by molar-refractivity contribution is 7.92. The number of carbonyl (C=O) groups excluding carboxylic acids is 2. The molecule has 36 heavy (non-hydrogen) atoms. The lowest BCUT2D eigenvalue weighted by Gasteiger charge is -2.33. The number of ether oxygens (including phenoxy) is 2. The first kappa shape index (κ1) is 27.6. The van der Waals surface area contributed by atoms with Crippen molar-refractivity contribution < 1.29 is 27.5 Å². The number of hydrogen-bond donors (Lipinski definition) is 1. The van der Waals surface area contributed by atoms with Gasteiger partial charge in [-0.05, 0) is 57.5 Å². The van der Waals surface area contributed by atoms with Crippen LogP contribution in [0.15, 0.2) is 42.5 Å². The molecular weight excluding hydrogens is 506 g/mol. The van der Waals surface area contributed by atoms with Gasteiger partial charge >= 0.3 is 0 Å². The molecule has 1 aliphatic rings. The van der Waals surface area contributed by atoms with Crippen LogP contribution in [0.3, 0.4) is 0 Å². The lowest BCUT2D eigenvalue weighted by Crippen LogP contribution is -2.54. The van der Waals surface area contributed by atoms with Gasteiger partial charge < -0.3 is 19.7 Å². The van der Waals surface area contributed by atoms with E-state index in [1.54, 1.807) is 43.3 Å². The summed E-state index contributed by atoms with van der Waals surface area (Å²) in [7, 11) is -3.85. The van der Waals surface area contributed by atoms with Crippen molar-refractivity contribution in [1.29, 1.82) is 0 Å². The van der Waals surface area contributed by atoms with Crippen molar-refractivity contribution in [1.82, 2.24) is 10.2 Å². The number of halogens is 1. The van der Waals surface area contributed by atoms with E-state index >= 15 is 0 Å². The molecule has 2 amide bonds. The lowest BCUT2D eigenvalue weighted by molar-refractivity contribution is -0.140. The van der Waals surface area contributed by atoms with E-state index in [0.717, 1.165) is 16.1 Å². The van der Waals surface area contributed by atoms with E-state index in [4.69, 9.17) is 21.1 Å². The predicted molar refractivity (Wildman–Crippen MR) is 139 cm³/mol.